The summed E-state index contributed by atoms with van der Waals surface area (Å²) in [6.45, 7) is 4.52. The first-order chi connectivity index (χ1) is 8.96. The van der Waals surface area contributed by atoms with Gasteiger partial charge < -0.3 is 14.6 Å². The van der Waals surface area contributed by atoms with E-state index in [-0.39, 0.29) is 11.8 Å². The molecular weight excluding hydrogens is 264 g/mol. The van der Waals surface area contributed by atoms with Crippen molar-refractivity contribution >= 4 is 9.84 Å². The van der Waals surface area contributed by atoms with E-state index in [2.05, 4.69) is 17.3 Å². The molecule has 0 amide bonds. The minimum atomic E-state index is -2.78. The van der Waals surface area contributed by atoms with Gasteiger partial charge in [-0.25, -0.2) is 8.42 Å². The number of hydrogen-bond acceptors (Lipinski definition) is 5. The van der Waals surface area contributed by atoms with Crippen molar-refractivity contribution in [3.8, 4) is 0 Å². The highest BCUT2D eigenvalue weighted by Crippen LogP contribution is 2.12. The molecule has 0 saturated carbocycles. The quantitative estimate of drug-likeness (QED) is 0.838. The molecule has 108 valence electrons. The third-order valence-electron chi connectivity index (χ3n) is 3.57. The van der Waals surface area contributed by atoms with Crippen molar-refractivity contribution in [3.63, 3.8) is 0 Å². The summed E-state index contributed by atoms with van der Waals surface area (Å²) < 4.78 is 27.9. The molecule has 1 N–H and O–H groups in total. The topological polar surface area (TPSA) is 62.6 Å². The maximum atomic E-state index is 11.3. The number of nitrogens with zero attached hydrogens (tertiary/aromatic N) is 1. The van der Waals surface area contributed by atoms with Crippen LogP contribution < -0.4 is 5.32 Å². The fourth-order valence-electron chi connectivity index (χ4n) is 2.36. The molecular formula is C13H22N2O3S. The van der Waals surface area contributed by atoms with Crippen molar-refractivity contribution < 1.29 is 12.8 Å². The van der Waals surface area contributed by atoms with Gasteiger partial charge in [0, 0.05) is 31.2 Å². The van der Waals surface area contributed by atoms with Crippen molar-refractivity contribution in [2.75, 3.05) is 31.6 Å². The van der Waals surface area contributed by atoms with E-state index >= 15 is 0 Å². The maximum absolute atomic E-state index is 11.3. The lowest BCUT2D eigenvalue weighted by molar-refractivity contribution is 0.316. The van der Waals surface area contributed by atoms with Crippen molar-refractivity contribution in [2.45, 2.75) is 25.9 Å². The largest absolute Gasteiger partial charge is 0.469 e. The van der Waals surface area contributed by atoms with Gasteiger partial charge in [0.15, 0.2) is 9.84 Å². The molecule has 5 nitrogen and oxygen atoms in total. The van der Waals surface area contributed by atoms with Crippen molar-refractivity contribution in [1.82, 2.24) is 10.2 Å². The molecule has 1 aromatic rings. The van der Waals surface area contributed by atoms with Crippen LogP contribution in [0.25, 0.3) is 0 Å². The van der Waals surface area contributed by atoms with Crippen LogP contribution in [0, 0.1) is 6.92 Å². The molecule has 1 atom stereocenters. The molecule has 2 rings (SSSR count). The number of nitrogens with one attached hydrogen (secondary N) is 1. The average molecular weight is 286 g/mol. The van der Waals surface area contributed by atoms with Crippen molar-refractivity contribution in [3.05, 3.63) is 23.7 Å². The minimum Gasteiger partial charge on any atom is -0.469 e. The Morgan fingerprint density at radius 2 is 2.32 bits per heavy atom. The van der Waals surface area contributed by atoms with Gasteiger partial charge in [-0.05, 0) is 26.5 Å². The molecule has 2 heterocycles. The van der Waals surface area contributed by atoms with Gasteiger partial charge in [-0.1, -0.05) is 0 Å². The molecule has 1 unspecified atom stereocenters. The highest BCUT2D eigenvalue weighted by molar-refractivity contribution is 7.91. The number of sulfone groups is 1. The van der Waals surface area contributed by atoms with Gasteiger partial charge in [0.2, 0.25) is 0 Å². The molecule has 0 bridgehead atoms. The zero-order chi connectivity index (χ0) is 13.9. The molecule has 0 spiro atoms. The van der Waals surface area contributed by atoms with Crippen LogP contribution in [0.2, 0.25) is 0 Å². The Kier molecular flexibility index (Phi) is 4.65. The van der Waals surface area contributed by atoms with Crippen LogP contribution in [0.1, 0.15) is 17.7 Å². The Morgan fingerprint density at radius 1 is 1.53 bits per heavy atom. The Hall–Kier alpha value is -0.850. The third-order valence-corrected chi connectivity index (χ3v) is 5.33. The summed E-state index contributed by atoms with van der Waals surface area (Å²) >= 11 is 0. The van der Waals surface area contributed by atoms with Crippen molar-refractivity contribution in [1.29, 1.82) is 0 Å². The van der Waals surface area contributed by atoms with E-state index in [1.165, 1.54) is 5.56 Å². The minimum absolute atomic E-state index is 0.133. The van der Waals surface area contributed by atoms with E-state index < -0.39 is 9.84 Å². The van der Waals surface area contributed by atoms with Gasteiger partial charge in [-0.2, -0.15) is 0 Å². The summed E-state index contributed by atoms with van der Waals surface area (Å²) in [7, 11) is -0.726. The fourth-order valence-corrected chi connectivity index (χ4v) is 4.07. The average Bonchev–Trinajstić information content (AvgIpc) is 2.86. The molecule has 1 aliphatic rings. The van der Waals surface area contributed by atoms with Crippen LogP contribution in [-0.2, 0) is 16.4 Å². The molecule has 19 heavy (non-hydrogen) atoms. The molecule has 1 aromatic heterocycles. The molecule has 1 fully saturated rings. The van der Waals surface area contributed by atoms with E-state index in [0.717, 1.165) is 31.8 Å². The van der Waals surface area contributed by atoms with Crippen LogP contribution in [0.4, 0.5) is 0 Å². The summed E-state index contributed by atoms with van der Waals surface area (Å²) in [6, 6.07) is 2.12. The van der Waals surface area contributed by atoms with E-state index in [1.54, 1.807) is 6.26 Å². The lowest BCUT2D eigenvalue weighted by atomic mass is 10.2. The van der Waals surface area contributed by atoms with Crippen LogP contribution in [-0.4, -0.2) is 51.0 Å². The Bertz CT molecular complexity index is 510. The number of hydrogen-bond donors (Lipinski definition) is 1. The third kappa shape index (κ3) is 4.33. The molecule has 0 aromatic carbocycles. The SMILES string of the molecule is Cc1occc1CN(C)CCNC1CCS(=O)(=O)C1. The number of aryl methyl sites for hydroxylation is 1. The highest BCUT2D eigenvalue weighted by Gasteiger charge is 2.27. The molecule has 1 aliphatic heterocycles. The molecule has 0 aliphatic carbocycles. The predicted octanol–water partition coefficient (Wildman–Crippen LogP) is 0.797. The fraction of sp³-hybridized carbons (Fsp3) is 0.692. The second-order valence-electron chi connectivity index (χ2n) is 5.29. The van der Waals surface area contributed by atoms with Gasteiger partial charge in [0.25, 0.3) is 0 Å². The number of rotatable bonds is 6. The monoisotopic (exact) mass is 286 g/mol. The van der Waals surface area contributed by atoms with E-state index in [4.69, 9.17) is 4.42 Å². The number of likely N-dealkylation sites (N-methyl/N-ethyl adjacent to an activating group) is 1. The smallest absolute Gasteiger partial charge is 0.151 e. The summed E-state index contributed by atoms with van der Waals surface area (Å²) in [5.74, 6) is 1.58. The summed E-state index contributed by atoms with van der Waals surface area (Å²) in [4.78, 5) is 2.20. The highest BCUT2D eigenvalue weighted by atomic mass is 32.2. The van der Waals surface area contributed by atoms with Gasteiger partial charge in [-0.15, -0.1) is 0 Å². The summed E-state index contributed by atoms with van der Waals surface area (Å²) in [6.07, 6.45) is 2.45. The molecule has 0 radical (unpaired) electrons. The van der Waals surface area contributed by atoms with Crippen LogP contribution in [0.5, 0.6) is 0 Å². The van der Waals surface area contributed by atoms with E-state index in [1.807, 2.05) is 13.0 Å². The normalized spacial score (nSPS) is 22.2. The van der Waals surface area contributed by atoms with Crippen LogP contribution >= 0.6 is 0 Å². The van der Waals surface area contributed by atoms with Gasteiger partial charge >= 0.3 is 0 Å². The van der Waals surface area contributed by atoms with Crippen molar-refractivity contribution in [2.24, 2.45) is 0 Å². The first kappa shape index (κ1) is 14.6. The standard InChI is InChI=1S/C13H22N2O3S/c1-11-12(3-7-18-11)9-15(2)6-5-14-13-4-8-19(16,17)10-13/h3,7,13-14H,4-6,8-10H2,1-2H3. The second-order valence-corrected chi connectivity index (χ2v) is 7.52. The van der Waals surface area contributed by atoms with Gasteiger partial charge in [0.05, 0.1) is 17.8 Å². The number of furan rings is 1. The van der Waals surface area contributed by atoms with E-state index in [9.17, 15) is 8.42 Å². The van der Waals surface area contributed by atoms with Crippen LogP contribution in [0.3, 0.4) is 0 Å². The molecule has 6 heteroatoms. The maximum Gasteiger partial charge on any atom is 0.151 e. The molecule has 1 saturated heterocycles. The Labute approximate surface area is 114 Å². The zero-order valence-electron chi connectivity index (χ0n) is 11.6. The summed E-state index contributed by atoms with van der Waals surface area (Å²) in [5, 5.41) is 3.32. The first-order valence-corrected chi connectivity index (χ1v) is 8.44. The van der Waals surface area contributed by atoms with Crippen LogP contribution in [0.15, 0.2) is 16.7 Å². The van der Waals surface area contributed by atoms with Gasteiger partial charge in [0.1, 0.15) is 5.76 Å². The predicted molar refractivity (Wildman–Crippen MR) is 74.8 cm³/mol. The Balaban J connectivity index is 1.67. The lowest BCUT2D eigenvalue weighted by Gasteiger charge is -2.18. The van der Waals surface area contributed by atoms with E-state index in [0.29, 0.717) is 5.75 Å². The summed E-state index contributed by atoms with van der Waals surface area (Å²) in [5.41, 5.74) is 1.20. The first-order valence-electron chi connectivity index (χ1n) is 6.61. The zero-order valence-corrected chi connectivity index (χ0v) is 12.4. The Morgan fingerprint density at radius 3 is 2.89 bits per heavy atom. The van der Waals surface area contributed by atoms with Gasteiger partial charge in [-0.3, -0.25) is 0 Å². The lowest BCUT2D eigenvalue weighted by Crippen LogP contribution is -2.36. The second kappa shape index (κ2) is 6.07.